The smallest absolute Gasteiger partial charge is 0.416 e. The van der Waals surface area contributed by atoms with Crippen LogP contribution in [0.1, 0.15) is 28.8 Å². The van der Waals surface area contributed by atoms with E-state index < -0.39 is 29.6 Å². The Kier molecular flexibility index (Phi) is 3.11. The Morgan fingerprint density at radius 3 is 2.28 bits per heavy atom. The first-order chi connectivity index (χ1) is 8.38. The molecule has 96 valence electrons. The number of ether oxygens (including phenoxy) is 1. The molecule has 1 aromatic rings. The van der Waals surface area contributed by atoms with Crippen molar-refractivity contribution in [1.82, 2.24) is 0 Å². The Morgan fingerprint density at radius 2 is 1.83 bits per heavy atom. The molecular formula is C12H9F3O3. The highest BCUT2D eigenvalue weighted by atomic mass is 19.4. The van der Waals surface area contributed by atoms with E-state index in [0.29, 0.717) is 0 Å². The number of hydrogen-bond acceptors (Lipinski definition) is 3. The second-order valence-corrected chi connectivity index (χ2v) is 3.96. The maximum absolute atomic E-state index is 12.3. The van der Waals surface area contributed by atoms with Crippen LogP contribution in [0.2, 0.25) is 0 Å². The van der Waals surface area contributed by atoms with E-state index in [2.05, 4.69) is 0 Å². The van der Waals surface area contributed by atoms with Crippen molar-refractivity contribution in [1.29, 1.82) is 0 Å². The fourth-order valence-corrected chi connectivity index (χ4v) is 1.72. The molecule has 1 atom stereocenters. The van der Waals surface area contributed by atoms with Crippen molar-refractivity contribution in [3.05, 3.63) is 35.4 Å². The lowest BCUT2D eigenvalue weighted by Gasteiger charge is -2.10. The summed E-state index contributed by atoms with van der Waals surface area (Å²) in [6.07, 6.45) is -4.86. The molecule has 0 unspecified atom stereocenters. The van der Waals surface area contributed by atoms with Crippen molar-refractivity contribution in [3.63, 3.8) is 0 Å². The molecule has 0 amide bonds. The summed E-state index contributed by atoms with van der Waals surface area (Å²) in [4.78, 5) is 22.6. The summed E-state index contributed by atoms with van der Waals surface area (Å²) in [6.45, 7) is 0. The maximum atomic E-state index is 12.3. The summed E-state index contributed by atoms with van der Waals surface area (Å²) in [6, 6.07) is 3.86. The molecule has 1 aliphatic heterocycles. The maximum Gasteiger partial charge on any atom is 0.416 e. The Morgan fingerprint density at radius 1 is 1.22 bits per heavy atom. The molecule has 0 aromatic heterocycles. The van der Waals surface area contributed by atoms with Gasteiger partial charge in [0.25, 0.3) is 0 Å². The van der Waals surface area contributed by atoms with E-state index in [0.717, 1.165) is 24.3 Å². The molecule has 18 heavy (non-hydrogen) atoms. The van der Waals surface area contributed by atoms with E-state index in [1.807, 2.05) is 0 Å². The van der Waals surface area contributed by atoms with Gasteiger partial charge in [-0.1, -0.05) is 12.1 Å². The topological polar surface area (TPSA) is 43.4 Å². The van der Waals surface area contributed by atoms with Gasteiger partial charge in [0, 0.05) is 18.4 Å². The standard InChI is InChI=1S/C12H9F3O3/c13-12(14,15)8-3-1-7(2-4-8)11(17)9-5-6-10(16)18-9/h1-4,9H,5-6H2/t9-/m0/s1. The molecule has 1 heterocycles. The van der Waals surface area contributed by atoms with E-state index in [1.54, 1.807) is 0 Å². The van der Waals surface area contributed by atoms with Crippen LogP contribution >= 0.6 is 0 Å². The summed E-state index contributed by atoms with van der Waals surface area (Å²) in [5, 5.41) is 0. The van der Waals surface area contributed by atoms with E-state index in [1.165, 1.54) is 0 Å². The number of alkyl halides is 3. The lowest BCUT2D eigenvalue weighted by atomic mass is 10.0. The number of rotatable bonds is 2. The quantitative estimate of drug-likeness (QED) is 0.605. The number of Topliss-reactive ketones (excluding diaryl/α,β-unsaturated/α-hetero) is 1. The summed E-state index contributed by atoms with van der Waals surface area (Å²) in [5.41, 5.74) is -0.704. The van der Waals surface area contributed by atoms with Gasteiger partial charge < -0.3 is 4.74 Å². The minimum atomic E-state index is -4.43. The van der Waals surface area contributed by atoms with E-state index >= 15 is 0 Å². The highest BCUT2D eigenvalue weighted by Crippen LogP contribution is 2.29. The molecule has 0 radical (unpaired) electrons. The summed E-state index contributed by atoms with van der Waals surface area (Å²) in [7, 11) is 0. The number of carbonyl (C=O) groups is 2. The number of hydrogen-bond donors (Lipinski definition) is 0. The van der Waals surface area contributed by atoms with Crippen LogP contribution in [0.4, 0.5) is 13.2 Å². The van der Waals surface area contributed by atoms with E-state index in [9.17, 15) is 22.8 Å². The van der Waals surface area contributed by atoms with Crippen LogP contribution in [0.25, 0.3) is 0 Å². The van der Waals surface area contributed by atoms with Gasteiger partial charge in [-0.05, 0) is 12.1 Å². The van der Waals surface area contributed by atoms with Crippen molar-refractivity contribution in [2.75, 3.05) is 0 Å². The van der Waals surface area contributed by atoms with Gasteiger partial charge in [0.2, 0.25) is 5.78 Å². The molecule has 1 fully saturated rings. The molecule has 0 aliphatic carbocycles. The Labute approximate surface area is 101 Å². The minimum absolute atomic E-state index is 0.114. The second-order valence-electron chi connectivity index (χ2n) is 3.96. The van der Waals surface area contributed by atoms with Crippen molar-refractivity contribution in [2.45, 2.75) is 25.1 Å². The minimum Gasteiger partial charge on any atom is -0.454 e. The summed E-state index contributed by atoms with van der Waals surface area (Å²) in [5.74, 6) is -0.921. The van der Waals surface area contributed by atoms with Gasteiger partial charge in [-0.3, -0.25) is 9.59 Å². The van der Waals surface area contributed by atoms with Crippen LogP contribution < -0.4 is 0 Å². The van der Waals surface area contributed by atoms with Gasteiger partial charge >= 0.3 is 12.1 Å². The zero-order valence-electron chi connectivity index (χ0n) is 9.16. The number of ketones is 1. The highest BCUT2D eigenvalue weighted by Gasteiger charge is 2.32. The third-order valence-corrected chi connectivity index (χ3v) is 2.67. The average molecular weight is 258 g/mol. The Bertz CT molecular complexity index is 476. The van der Waals surface area contributed by atoms with Crippen LogP contribution in [0.3, 0.4) is 0 Å². The second kappa shape index (κ2) is 4.44. The van der Waals surface area contributed by atoms with Gasteiger partial charge in [-0.2, -0.15) is 13.2 Å². The number of esters is 1. The van der Waals surface area contributed by atoms with Crippen LogP contribution in [0.15, 0.2) is 24.3 Å². The first-order valence-corrected chi connectivity index (χ1v) is 5.29. The molecule has 6 heteroatoms. The number of halogens is 3. The van der Waals surface area contributed by atoms with Crippen LogP contribution in [-0.4, -0.2) is 17.9 Å². The van der Waals surface area contributed by atoms with E-state index in [-0.39, 0.29) is 18.4 Å². The molecule has 0 spiro atoms. The lowest BCUT2D eigenvalue weighted by molar-refractivity contribution is -0.140. The zero-order chi connectivity index (χ0) is 13.3. The van der Waals surface area contributed by atoms with Crippen LogP contribution in [0, 0.1) is 0 Å². The number of carbonyl (C=O) groups excluding carboxylic acids is 2. The van der Waals surface area contributed by atoms with E-state index in [4.69, 9.17) is 4.74 Å². The van der Waals surface area contributed by atoms with Crippen LogP contribution in [0.5, 0.6) is 0 Å². The van der Waals surface area contributed by atoms with Gasteiger partial charge in [0.1, 0.15) is 0 Å². The van der Waals surface area contributed by atoms with Crippen LogP contribution in [-0.2, 0) is 15.7 Å². The molecule has 3 nitrogen and oxygen atoms in total. The normalized spacial score (nSPS) is 19.7. The number of cyclic esters (lactones) is 1. The highest BCUT2D eigenvalue weighted by molar-refractivity contribution is 6.01. The first kappa shape index (κ1) is 12.6. The first-order valence-electron chi connectivity index (χ1n) is 5.29. The fraction of sp³-hybridized carbons (Fsp3) is 0.333. The van der Waals surface area contributed by atoms with Crippen molar-refractivity contribution in [2.24, 2.45) is 0 Å². The third kappa shape index (κ3) is 2.52. The molecular weight excluding hydrogens is 249 g/mol. The van der Waals surface area contributed by atoms with Gasteiger partial charge in [0.15, 0.2) is 6.10 Å². The Balaban J connectivity index is 2.15. The monoisotopic (exact) mass is 258 g/mol. The summed E-state index contributed by atoms with van der Waals surface area (Å²) >= 11 is 0. The van der Waals surface area contributed by atoms with Gasteiger partial charge in [-0.25, -0.2) is 0 Å². The SMILES string of the molecule is O=C1CC[C@@H](C(=O)c2ccc(C(F)(F)F)cc2)O1. The lowest BCUT2D eigenvalue weighted by Crippen LogP contribution is -2.20. The fourth-order valence-electron chi connectivity index (χ4n) is 1.72. The molecule has 0 saturated carbocycles. The molecule has 2 rings (SSSR count). The predicted molar refractivity (Wildman–Crippen MR) is 54.9 cm³/mol. The zero-order valence-corrected chi connectivity index (χ0v) is 9.16. The largest absolute Gasteiger partial charge is 0.454 e. The molecule has 1 saturated heterocycles. The average Bonchev–Trinajstić information content (AvgIpc) is 2.74. The van der Waals surface area contributed by atoms with Gasteiger partial charge in [0.05, 0.1) is 5.56 Å². The number of benzene rings is 1. The predicted octanol–water partition coefficient (Wildman–Crippen LogP) is 2.59. The van der Waals surface area contributed by atoms with Crippen molar-refractivity contribution < 1.29 is 27.5 Å². The van der Waals surface area contributed by atoms with Crippen molar-refractivity contribution in [3.8, 4) is 0 Å². The summed E-state index contributed by atoms with van der Waals surface area (Å²) < 4.78 is 41.7. The molecule has 0 N–H and O–H groups in total. The van der Waals surface area contributed by atoms with Crippen molar-refractivity contribution >= 4 is 11.8 Å². The molecule has 1 aromatic carbocycles. The molecule has 0 bridgehead atoms. The molecule has 1 aliphatic rings. The van der Waals surface area contributed by atoms with Gasteiger partial charge in [-0.15, -0.1) is 0 Å². The third-order valence-electron chi connectivity index (χ3n) is 2.67. The Hall–Kier alpha value is -1.85.